The molecule has 0 bridgehead atoms. The highest BCUT2D eigenvalue weighted by Gasteiger charge is 2.59. The molecule has 4 unspecified atom stereocenters. The van der Waals surface area contributed by atoms with E-state index in [-0.39, 0.29) is 24.8 Å². The number of epoxide rings is 1. The maximum Gasteiger partial charge on any atom is 0.192 e. The average Bonchev–Trinajstić information content (AvgIpc) is 2.85. The van der Waals surface area contributed by atoms with Crippen LogP contribution in [0.5, 0.6) is 0 Å². The Bertz CT molecular complexity index is 197. The van der Waals surface area contributed by atoms with E-state index in [0.29, 0.717) is 6.61 Å². The van der Waals surface area contributed by atoms with Crippen molar-refractivity contribution in [2.75, 3.05) is 6.61 Å². The summed E-state index contributed by atoms with van der Waals surface area (Å²) in [4.78, 5) is 0. The van der Waals surface area contributed by atoms with Gasteiger partial charge in [-0.1, -0.05) is 32.6 Å². The van der Waals surface area contributed by atoms with E-state index in [1.165, 1.54) is 19.3 Å². The molecule has 2 rings (SSSR count). The molecule has 0 radical (unpaired) electrons. The molecule has 0 aliphatic carbocycles. The molecular weight excluding hydrogens is 196 g/mol. The molecule has 2 fully saturated rings. The van der Waals surface area contributed by atoms with Crippen molar-refractivity contribution >= 4 is 0 Å². The Morgan fingerprint density at radius 2 is 2.13 bits per heavy atom. The summed E-state index contributed by atoms with van der Waals surface area (Å²) in [6, 6.07) is 0. The van der Waals surface area contributed by atoms with Crippen LogP contribution in [0.15, 0.2) is 0 Å². The monoisotopic (exact) mass is 216 g/mol. The summed E-state index contributed by atoms with van der Waals surface area (Å²) in [5, 5.41) is 9.60. The maximum atomic E-state index is 9.60. The van der Waals surface area contributed by atoms with Gasteiger partial charge in [-0.2, -0.15) is 0 Å². The Morgan fingerprint density at radius 1 is 1.27 bits per heavy atom. The summed E-state index contributed by atoms with van der Waals surface area (Å²) in [7, 11) is 0. The van der Waals surface area contributed by atoms with Crippen LogP contribution in [0.4, 0.5) is 0 Å². The minimum absolute atomic E-state index is 0.00306. The molecule has 0 aromatic carbocycles. The number of hydrogen-bond donors (Lipinski definition) is 1. The summed E-state index contributed by atoms with van der Waals surface area (Å²) in [5.74, 6) is 0. The predicted octanol–water partition coefficient (Wildman–Crippen LogP) is 1.42. The van der Waals surface area contributed by atoms with Crippen molar-refractivity contribution < 1.29 is 19.3 Å². The molecule has 0 saturated carbocycles. The van der Waals surface area contributed by atoms with Crippen LogP contribution in [-0.4, -0.2) is 36.5 Å². The molecule has 0 spiro atoms. The van der Waals surface area contributed by atoms with E-state index >= 15 is 0 Å². The lowest BCUT2D eigenvalue weighted by Gasteiger charge is -2.22. The molecule has 0 aromatic rings. The minimum atomic E-state index is -0.358. The second-order valence-corrected chi connectivity index (χ2v) is 4.31. The van der Waals surface area contributed by atoms with Crippen molar-refractivity contribution in [1.29, 1.82) is 0 Å². The quantitative estimate of drug-likeness (QED) is 0.492. The molecule has 2 aliphatic rings. The van der Waals surface area contributed by atoms with Gasteiger partial charge in [-0.25, -0.2) is 0 Å². The molecule has 1 N–H and O–H groups in total. The van der Waals surface area contributed by atoms with Crippen LogP contribution in [0.3, 0.4) is 0 Å². The predicted molar refractivity (Wildman–Crippen MR) is 54.3 cm³/mol. The van der Waals surface area contributed by atoms with Crippen molar-refractivity contribution in [1.82, 2.24) is 0 Å². The van der Waals surface area contributed by atoms with Crippen LogP contribution in [0.1, 0.15) is 39.0 Å². The van der Waals surface area contributed by atoms with Crippen molar-refractivity contribution in [3.8, 4) is 0 Å². The fourth-order valence-corrected chi connectivity index (χ4v) is 1.76. The maximum absolute atomic E-state index is 9.60. The lowest BCUT2D eigenvalue weighted by Crippen LogP contribution is -2.37. The second-order valence-electron chi connectivity index (χ2n) is 4.31. The van der Waals surface area contributed by atoms with Gasteiger partial charge in [-0.3, -0.25) is 0 Å². The van der Waals surface area contributed by atoms with E-state index in [4.69, 9.17) is 14.2 Å². The fraction of sp³-hybridized carbons (Fsp3) is 1.00. The van der Waals surface area contributed by atoms with Gasteiger partial charge in [0.1, 0.15) is 0 Å². The van der Waals surface area contributed by atoms with Gasteiger partial charge in [0.05, 0.1) is 12.7 Å². The SMILES string of the molecule is CCCCCCC(O)COC1OC2OC12. The van der Waals surface area contributed by atoms with Gasteiger partial charge in [0.15, 0.2) is 18.7 Å². The Morgan fingerprint density at radius 3 is 2.73 bits per heavy atom. The van der Waals surface area contributed by atoms with E-state index in [1.807, 2.05) is 0 Å². The first kappa shape index (κ1) is 11.3. The van der Waals surface area contributed by atoms with Gasteiger partial charge < -0.3 is 19.3 Å². The Labute approximate surface area is 90.5 Å². The van der Waals surface area contributed by atoms with E-state index in [2.05, 4.69) is 6.92 Å². The van der Waals surface area contributed by atoms with Gasteiger partial charge >= 0.3 is 0 Å². The number of unbranched alkanes of at least 4 members (excludes halogenated alkanes) is 3. The van der Waals surface area contributed by atoms with Gasteiger partial charge in [0, 0.05) is 0 Å². The standard InChI is InChI=1S/C11H20O4/c1-2-3-4-5-6-8(12)7-13-10-9-11(14-9)15-10/h8-12H,2-7H2,1H3. The minimum Gasteiger partial charge on any atom is -0.391 e. The number of rotatable bonds is 8. The van der Waals surface area contributed by atoms with Gasteiger partial charge in [-0.15, -0.1) is 0 Å². The molecular formula is C11H20O4. The van der Waals surface area contributed by atoms with Gasteiger partial charge in [-0.05, 0) is 6.42 Å². The Hall–Kier alpha value is -0.160. The van der Waals surface area contributed by atoms with Crippen LogP contribution in [-0.2, 0) is 14.2 Å². The van der Waals surface area contributed by atoms with Crippen molar-refractivity contribution in [3.63, 3.8) is 0 Å². The summed E-state index contributed by atoms with van der Waals surface area (Å²) in [6.07, 6.45) is 5.13. The number of hydrogen-bond acceptors (Lipinski definition) is 4. The first-order valence-corrected chi connectivity index (χ1v) is 5.92. The van der Waals surface area contributed by atoms with E-state index in [0.717, 1.165) is 12.8 Å². The zero-order valence-electron chi connectivity index (χ0n) is 9.22. The van der Waals surface area contributed by atoms with Crippen LogP contribution in [0.2, 0.25) is 0 Å². The van der Waals surface area contributed by atoms with Crippen molar-refractivity contribution in [2.24, 2.45) is 0 Å². The highest BCUT2D eigenvalue weighted by molar-refractivity contribution is 4.90. The number of fused-ring (bicyclic) bond motifs is 1. The second kappa shape index (κ2) is 5.25. The average molecular weight is 216 g/mol. The smallest absolute Gasteiger partial charge is 0.192 e. The third-order valence-electron chi connectivity index (χ3n) is 2.86. The first-order valence-electron chi connectivity index (χ1n) is 5.92. The Kier molecular flexibility index (Phi) is 3.97. The Balaban J connectivity index is 1.43. The number of aliphatic hydroxyl groups excluding tert-OH is 1. The number of ether oxygens (including phenoxy) is 3. The molecule has 2 aliphatic heterocycles. The van der Waals surface area contributed by atoms with Gasteiger partial charge in [0.25, 0.3) is 0 Å². The highest BCUT2D eigenvalue weighted by Crippen LogP contribution is 2.40. The molecule has 0 aromatic heterocycles. The molecule has 2 heterocycles. The summed E-state index contributed by atoms with van der Waals surface area (Å²) < 4.78 is 15.6. The lowest BCUT2D eigenvalue weighted by atomic mass is 10.1. The molecule has 0 amide bonds. The first-order chi connectivity index (χ1) is 7.31. The van der Waals surface area contributed by atoms with Crippen LogP contribution in [0.25, 0.3) is 0 Å². The molecule has 4 nitrogen and oxygen atoms in total. The summed E-state index contributed by atoms with van der Waals surface area (Å²) in [5.41, 5.74) is 0. The van der Waals surface area contributed by atoms with Gasteiger partial charge in [0.2, 0.25) is 0 Å². The normalized spacial score (nSPS) is 34.4. The van der Waals surface area contributed by atoms with Crippen molar-refractivity contribution in [3.05, 3.63) is 0 Å². The van der Waals surface area contributed by atoms with Crippen LogP contribution < -0.4 is 0 Å². The fourth-order valence-electron chi connectivity index (χ4n) is 1.76. The largest absolute Gasteiger partial charge is 0.391 e. The molecule has 4 heteroatoms. The molecule has 4 atom stereocenters. The topological polar surface area (TPSA) is 51.2 Å². The highest BCUT2D eigenvalue weighted by atomic mass is 16.9. The van der Waals surface area contributed by atoms with Crippen molar-refractivity contribution in [2.45, 2.75) is 63.8 Å². The zero-order chi connectivity index (χ0) is 10.7. The molecule has 15 heavy (non-hydrogen) atoms. The van der Waals surface area contributed by atoms with E-state index in [1.54, 1.807) is 0 Å². The van der Waals surface area contributed by atoms with Crippen LogP contribution >= 0.6 is 0 Å². The molecule has 88 valence electrons. The summed E-state index contributed by atoms with van der Waals surface area (Å²) in [6.45, 7) is 2.54. The van der Waals surface area contributed by atoms with Crippen LogP contribution in [0, 0.1) is 0 Å². The lowest BCUT2D eigenvalue weighted by molar-refractivity contribution is -0.211. The zero-order valence-corrected chi connectivity index (χ0v) is 9.22. The van der Waals surface area contributed by atoms with E-state index < -0.39 is 0 Å². The third kappa shape index (κ3) is 3.14. The summed E-state index contributed by atoms with van der Waals surface area (Å²) >= 11 is 0. The number of aliphatic hydroxyl groups is 1. The van der Waals surface area contributed by atoms with E-state index in [9.17, 15) is 5.11 Å². The molecule has 2 saturated heterocycles. The third-order valence-corrected chi connectivity index (χ3v) is 2.86.